The number of carbonyl (C=O) groups excluding carboxylic acids is 1. The van der Waals surface area contributed by atoms with Crippen LogP contribution in [0.2, 0.25) is 0 Å². The van der Waals surface area contributed by atoms with Crippen LogP contribution in [-0.2, 0) is 0 Å². The standard InChI is InChI=1S/C14H29N3O/c1-6-16(7-2)14(18)17-10-13(8-11(3)4)15-9-12(17)5/h11-13,15H,6-10H2,1-5H3. The number of amides is 2. The Hall–Kier alpha value is -0.770. The minimum Gasteiger partial charge on any atom is -0.325 e. The van der Waals surface area contributed by atoms with Crippen molar-refractivity contribution < 1.29 is 4.79 Å². The van der Waals surface area contributed by atoms with Crippen LogP contribution in [0, 0.1) is 5.92 Å². The number of carbonyl (C=O) groups is 1. The van der Waals surface area contributed by atoms with Gasteiger partial charge in [0.15, 0.2) is 0 Å². The molecule has 0 bridgehead atoms. The monoisotopic (exact) mass is 255 g/mol. The largest absolute Gasteiger partial charge is 0.325 e. The van der Waals surface area contributed by atoms with E-state index in [1.54, 1.807) is 0 Å². The van der Waals surface area contributed by atoms with Crippen LogP contribution < -0.4 is 5.32 Å². The van der Waals surface area contributed by atoms with Crippen LogP contribution in [0.4, 0.5) is 4.79 Å². The van der Waals surface area contributed by atoms with Gasteiger partial charge in [-0.25, -0.2) is 4.79 Å². The van der Waals surface area contributed by atoms with Crippen molar-refractivity contribution in [2.45, 2.75) is 53.1 Å². The first kappa shape index (κ1) is 15.3. The van der Waals surface area contributed by atoms with Crippen LogP contribution in [0.3, 0.4) is 0 Å². The van der Waals surface area contributed by atoms with Crippen molar-refractivity contribution in [3.05, 3.63) is 0 Å². The molecule has 1 aliphatic rings. The summed E-state index contributed by atoms with van der Waals surface area (Å²) < 4.78 is 0. The summed E-state index contributed by atoms with van der Waals surface area (Å²) in [6.07, 6.45) is 1.13. The maximum atomic E-state index is 12.4. The van der Waals surface area contributed by atoms with Gasteiger partial charge in [-0.3, -0.25) is 0 Å². The molecule has 1 rings (SSSR count). The van der Waals surface area contributed by atoms with E-state index in [2.05, 4.69) is 26.1 Å². The van der Waals surface area contributed by atoms with Gasteiger partial charge in [-0.2, -0.15) is 0 Å². The summed E-state index contributed by atoms with van der Waals surface area (Å²) >= 11 is 0. The third-order valence-corrected chi connectivity index (χ3v) is 3.69. The fraction of sp³-hybridized carbons (Fsp3) is 0.929. The van der Waals surface area contributed by atoms with Crippen molar-refractivity contribution in [3.63, 3.8) is 0 Å². The van der Waals surface area contributed by atoms with Crippen molar-refractivity contribution in [1.82, 2.24) is 15.1 Å². The van der Waals surface area contributed by atoms with E-state index in [0.717, 1.165) is 32.6 Å². The van der Waals surface area contributed by atoms with Gasteiger partial charge in [0.25, 0.3) is 0 Å². The minimum absolute atomic E-state index is 0.197. The number of urea groups is 1. The molecule has 2 atom stereocenters. The summed E-state index contributed by atoms with van der Waals surface area (Å²) in [6, 6.07) is 0.935. The molecule has 18 heavy (non-hydrogen) atoms. The molecule has 2 amide bonds. The zero-order valence-corrected chi connectivity index (χ0v) is 12.6. The van der Waals surface area contributed by atoms with Crippen LogP contribution in [0.1, 0.15) is 41.0 Å². The third kappa shape index (κ3) is 3.87. The summed E-state index contributed by atoms with van der Waals surface area (Å²) in [4.78, 5) is 16.4. The van der Waals surface area contributed by atoms with Crippen LogP contribution in [-0.4, -0.2) is 54.1 Å². The van der Waals surface area contributed by atoms with E-state index in [9.17, 15) is 4.79 Å². The van der Waals surface area contributed by atoms with Gasteiger partial charge in [0, 0.05) is 38.3 Å². The molecule has 106 valence electrons. The summed E-state index contributed by atoms with van der Waals surface area (Å²) in [7, 11) is 0. The van der Waals surface area contributed by atoms with Gasteiger partial charge in [0.05, 0.1) is 0 Å². The van der Waals surface area contributed by atoms with Gasteiger partial charge in [-0.15, -0.1) is 0 Å². The normalized spacial score (nSPS) is 24.4. The van der Waals surface area contributed by atoms with Gasteiger partial charge in [0.2, 0.25) is 0 Å². The van der Waals surface area contributed by atoms with Gasteiger partial charge in [0.1, 0.15) is 0 Å². The van der Waals surface area contributed by atoms with E-state index in [1.165, 1.54) is 0 Å². The maximum absolute atomic E-state index is 12.4. The van der Waals surface area contributed by atoms with Gasteiger partial charge in [-0.05, 0) is 33.1 Å². The van der Waals surface area contributed by atoms with Gasteiger partial charge < -0.3 is 15.1 Å². The lowest BCUT2D eigenvalue weighted by Gasteiger charge is -2.41. The Labute approximate surface area is 112 Å². The second-order valence-corrected chi connectivity index (χ2v) is 5.69. The van der Waals surface area contributed by atoms with Crippen molar-refractivity contribution >= 4 is 6.03 Å². The highest BCUT2D eigenvalue weighted by atomic mass is 16.2. The molecule has 2 unspecified atom stereocenters. The highest BCUT2D eigenvalue weighted by Crippen LogP contribution is 2.15. The van der Waals surface area contributed by atoms with Crippen molar-refractivity contribution in [3.8, 4) is 0 Å². The molecule has 1 N–H and O–H groups in total. The zero-order chi connectivity index (χ0) is 13.7. The SMILES string of the molecule is CCN(CC)C(=O)N1CC(CC(C)C)NCC1C. The molecule has 4 heteroatoms. The summed E-state index contributed by atoms with van der Waals surface area (Å²) in [6.45, 7) is 14.0. The molecule has 0 aromatic heterocycles. The number of piperazine rings is 1. The number of hydrogen-bond donors (Lipinski definition) is 1. The minimum atomic E-state index is 0.197. The number of hydrogen-bond acceptors (Lipinski definition) is 2. The number of nitrogens with zero attached hydrogens (tertiary/aromatic N) is 2. The molecular weight excluding hydrogens is 226 g/mol. The molecule has 0 aliphatic carbocycles. The molecule has 0 spiro atoms. The van der Waals surface area contributed by atoms with Crippen molar-refractivity contribution in [2.24, 2.45) is 5.92 Å². The Morgan fingerprint density at radius 1 is 1.39 bits per heavy atom. The van der Waals surface area contributed by atoms with Crippen LogP contribution in [0.5, 0.6) is 0 Å². The first-order valence-electron chi connectivity index (χ1n) is 7.28. The van der Waals surface area contributed by atoms with Crippen LogP contribution in [0.25, 0.3) is 0 Å². The highest BCUT2D eigenvalue weighted by Gasteiger charge is 2.30. The molecule has 0 saturated carbocycles. The van der Waals surface area contributed by atoms with Crippen molar-refractivity contribution in [2.75, 3.05) is 26.2 Å². The molecule has 1 fully saturated rings. The van der Waals surface area contributed by atoms with E-state index in [-0.39, 0.29) is 6.03 Å². The predicted molar refractivity (Wildman–Crippen MR) is 75.7 cm³/mol. The Morgan fingerprint density at radius 3 is 2.50 bits per heavy atom. The molecule has 0 aromatic rings. The average Bonchev–Trinajstić information content (AvgIpc) is 2.32. The molecule has 4 nitrogen and oxygen atoms in total. The first-order valence-corrected chi connectivity index (χ1v) is 7.28. The lowest BCUT2D eigenvalue weighted by Crippen LogP contribution is -2.60. The highest BCUT2D eigenvalue weighted by molar-refractivity contribution is 5.75. The lowest BCUT2D eigenvalue weighted by molar-refractivity contribution is 0.111. The van der Waals surface area contributed by atoms with Crippen LogP contribution in [0.15, 0.2) is 0 Å². The molecule has 0 radical (unpaired) electrons. The Bertz CT molecular complexity index is 264. The quantitative estimate of drug-likeness (QED) is 0.835. The summed E-state index contributed by atoms with van der Waals surface area (Å²) in [5, 5.41) is 3.55. The van der Waals surface area contributed by atoms with E-state index < -0.39 is 0 Å². The second kappa shape index (κ2) is 6.98. The summed E-state index contributed by atoms with van der Waals surface area (Å²) in [5.74, 6) is 0.668. The summed E-state index contributed by atoms with van der Waals surface area (Å²) in [5.41, 5.74) is 0. The molecule has 0 aromatic carbocycles. The molecule has 1 aliphatic heterocycles. The number of rotatable bonds is 4. The average molecular weight is 255 g/mol. The second-order valence-electron chi connectivity index (χ2n) is 5.69. The number of nitrogens with one attached hydrogen (secondary N) is 1. The fourth-order valence-electron chi connectivity index (χ4n) is 2.60. The van der Waals surface area contributed by atoms with E-state index in [1.807, 2.05) is 23.6 Å². The molecular formula is C14H29N3O. The van der Waals surface area contributed by atoms with Gasteiger partial charge >= 0.3 is 6.03 Å². The lowest BCUT2D eigenvalue weighted by atomic mass is 10.0. The third-order valence-electron chi connectivity index (χ3n) is 3.69. The topological polar surface area (TPSA) is 35.6 Å². The maximum Gasteiger partial charge on any atom is 0.320 e. The predicted octanol–water partition coefficient (Wildman–Crippen LogP) is 2.16. The van der Waals surface area contributed by atoms with Gasteiger partial charge in [-0.1, -0.05) is 13.8 Å². The Kier molecular flexibility index (Phi) is 5.93. The fourth-order valence-corrected chi connectivity index (χ4v) is 2.60. The van der Waals surface area contributed by atoms with E-state index in [0.29, 0.717) is 18.0 Å². The van der Waals surface area contributed by atoms with Crippen molar-refractivity contribution in [1.29, 1.82) is 0 Å². The van der Waals surface area contributed by atoms with E-state index >= 15 is 0 Å². The zero-order valence-electron chi connectivity index (χ0n) is 12.6. The molecule has 1 heterocycles. The molecule has 1 saturated heterocycles. The smallest absolute Gasteiger partial charge is 0.320 e. The Morgan fingerprint density at radius 2 is 2.00 bits per heavy atom. The van der Waals surface area contributed by atoms with Crippen LogP contribution >= 0.6 is 0 Å². The Balaban J connectivity index is 2.64. The van der Waals surface area contributed by atoms with E-state index in [4.69, 9.17) is 0 Å². The first-order chi connectivity index (χ1) is 8.49.